The molecule has 0 aromatic heterocycles. The Bertz CT molecular complexity index is 763. The number of carbonyl (C=O) groups excluding carboxylic acids is 2. The molecule has 3 heteroatoms. The third kappa shape index (κ3) is 2.82. The molecule has 0 unspecified atom stereocenters. The Hall–Kier alpha value is -1.90. The second-order valence-electron chi connectivity index (χ2n) is 8.38. The molecule has 138 valence electrons. The number of fused-ring (bicyclic) bond motifs is 5. The molecule has 0 spiro atoms. The smallest absolute Gasteiger partial charge is 0.330 e. The number of hydrogen-bond donors (Lipinski definition) is 0. The summed E-state index contributed by atoms with van der Waals surface area (Å²) in [6.45, 7) is 4.44. The van der Waals surface area contributed by atoms with Crippen molar-refractivity contribution in [2.24, 2.45) is 17.3 Å². The minimum atomic E-state index is -0.289. The van der Waals surface area contributed by atoms with Gasteiger partial charge in [-0.2, -0.15) is 0 Å². The van der Waals surface area contributed by atoms with Gasteiger partial charge in [0.15, 0.2) is 0 Å². The zero-order valence-corrected chi connectivity index (χ0v) is 15.8. The summed E-state index contributed by atoms with van der Waals surface area (Å²) in [6.07, 6.45) is 9.68. The average molecular weight is 352 g/mol. The highest BCUT2D eigenvalue weighted by Crippen LogP contribution is 2.59. The van der Waals surface area contributed by atoms with Gasteiger partial charge < -0.3 is 4.74 Å². The summed E-state index contributed by atoms with van der Waals surface area (Å²) in [7, 11) is 0. The first-order valence-electron chi connectivity index (χ1n) is 10.0. The number of carbonyl (C=O) groups is 2. The van der Waals surface area contributed by atoms with E-state index in [1.54, 1.807) is 0 Å². The second kappa shape index (κ2) is 6.68. The van der Waals surface area contributed by atoms with Crippen LogP contribution in [0.25, 0.3) is 6.08 Å². The van der Waals surface area contributed by atoms with Gasteiger partial charge in [-0.1, -0.05) is 25.1 Å². The van der Waals surface area contributed by atoms with Crippen molar-refractivity contribution in [1.82, 2.24) is 0 Å². The lowest BCUT2D eigenvalue weighted by Gasteiger charge is -2.48. The van der Waals surface area contributed by atoms with E-state index in [2.05, 4.69) is 25.1 Å². The molecule has 0 aliphatic heterocycles. The zero-order valence-electron chi connectivity index (χ0n) is 15.8. The summed E-state index contributed by atoms with van der Waals surface area (Å²) >= 11 is 0. The number of esters is 1. The van der Waals surface area contributed by atoms with Gasteiger partial charge >= 0.3 is 5.97 Å². The Kier molecular flexibility index (Phi) is 4.50. The number of rotatable bonds is 3. The molecule has 2 fully saturated rings. The normalized spacial score (nSPS) is 32.8. The summed E-state index contributed by atoms with van der Waals surface area (Å²) in [4.78, 5) is 23.9. The molecule has 4 rings (SSSR count). The third-order valence-electron chi connectivity index (χ3n) is 7.16. The van der Waals surface area contributed by atoms with E-state index in [9.17, 15) is 9.59 Å². The van der Waals surface area contributed by atoms with Crippen molar-refractivity contribution in [3.8, 4) is 0 Å². The van der Waals surface area contributed by atoms with Crippen molar-refractivity contribution in [2.45, 2.75) is 58.3 Å². The summed E-state index contributed by atoms with van der Waals surface area (Å²) < 4.78 is 4.95. The van der Waals surface area contributed by atoms with Gasteiger partial charge in [0, 0.05) is 17.9 Å². The highest BCUT2D eigenvalue weighted by atomic mass is 16.5. The van der Waals surface area contributed by atoms with Gasteiger partial charge in [0.2, 0.25) is 0 Å². The van der Waals surface area contributed by atoms with Crippen molar-refractivity contribution >= 4 is 17.8 Å². The van der Waals surface area contributed by atoms with Crippen LogP contribution in [0.1, 0.15) is 68.6 Å². The molecule has 0 saturated heterocycles. The monoisotopic (exact) mass is 352 g/mol. The molecule has 3 aliphatic rings. The predicted octanol–water partition coefficient (Wildman–Crippen LogP) is 4.69. The minimum absolute atomic E-state index is 0.0546. The fraction of sp³-hybridized carbons (Fsp3) is 0.565. The van der Waals surface area contributed by atoms with Crippen LogP contribution in [0.4, 0.5) is 0 Å². The zero-order chi connectivity index (χ0) is 18.3. The molecule has 3 nitrogen and oxygen atoms in total. The highest BCUT2D eigenvalue weighted by Gasteiger charge is 2.54. The lowest BCUT2D eigenvalue weighted by molar-refractivity contribution is -0.137. The lowest BCUT2D eigenvalue weighted by Crippen LogP contribution is -2.42. The van der Waals surface area contributed by atoms with Gasteiger partial charge in [-0.3, -0.25) is 4.79 Å². The molecule has 0 N–H and O–H groups in total. The Labute approximate surface area is 155 Å². The van der Waals surface area contributed by atoms with Gasteiger partial charge in [-0.15, -0.1) is 0 Å². The van der Waals surface area contributed by atoms with Crippen molar-refractivity contribution in [3.05, 3.63) is 41.0 Å². The SMILES string of the molecule is CCOC(=O)/C=C/c1ccc2c(c1)CC[C@@H]1[C@@H]2CC[C@]2(C)C(=O)CC[C@@H]12. The van der Waals surface area contributed by atoms with Crippen LogP contribution >= 0.6 is 0 Å². The standard InChI is InChI=1S/C23H28O3/c1-3-26-22(25)11-5-15-4-7-17-16(14-15)6-8-19-18(17)12-13-23(2)20(19)9-10-21(23)24/h4-5,7,11,14,18-20H,3,6,8-10,12-13H2,1-2H3/b11-5+/t18-,19-,20+,23+/m1/s1. The average Bonchev–Trinajstić information content (AvgIpc) is 2.95. The maximum atomic E-state index is 12.4. The first-order chi connectivity index (χ1) is 12.5. The molecule has 1 aromatic rings. The maximum absolute atomic E-state index is 12.4. The van der Waals surface area contributed by atoms with Crippen molar-refractivity contribution in [2.75, 3.05) is 6.61 Å². The fourth-order valence-electron chi connectivity index (χ4n) is 5.83. The van der Waals surface area contributed by atoms with Gasteiger partial charge in [-0.05, 0) is 79.5 Å². The Morgan fingerprint density at radius 2 is 2.12 bits per heavy atom. The molecule has 0 heterocycles. The summed E-state index contributed by atoms with van der Waals surface area (Å²) in [5.41, 5.74) is 3.91. The van der Waals surface area contributed by atoms with E-state index in [1.165, 1.54) is 23.6 Å². The summed E-state index contributed by atoms with van der Waals surface area (Å²) in [5.74, 6) is 2.05. The molecule has 0 bridgehead atoms. The van der Waals surface area contributed by atoms with E-state index in [0.29, 0.717) is 30.1 Å². The number of benzene rings is 1. The summed E-state index contributed by atoms with van der Waals surface area (Å²) in [6, 6.07) is 6.61. The van der Waals surface area contributed by atoms with E-state index < -0.39 is 0 Å². The van der Waals surface area contributed by atoms with Crippen LogP contribution in [0.15, 0.2) is 24.3 Å². The van der Waals surface area contributed by atoms with Crippen LogP contribution in [0.2, 0.25) is 0 Å². The fourth-order valence-corrected chi connectivity index (χ4v) is 5.83. The molecular formula is C23H28O3. The van der Waals surface area contributed by atoms with Gasteiger partial charge in [0.25, 0.3) is 0 Å². The Morgan fingerprint density at radius 3 is 2.92 bits per heavy atom. The van der Waals surface area contributed by atoms with Crippen molar-refractivity contribution in [3.63, 3.8) is 0 Å². The third-order valence-corrected chi connectivity index (χ3v) is 7.16. The number of hydrogen-bond acceptors (Lipinski definition) is 3. The summed E-state index contributed by atoms with van der Waals surface area (Å²) in [5, 5.41) is 0. The molecular weight excluding hydrogens is 324 g/mol. The van der Waals surface area contributed by atoms with Crippen molar-refractivity contribution in [1.29, 1.82) is 0 Å². The van der Waals surface area contributed by atoms with E-state index in [4.69, 9.17) is 4.74 Å². The number of ether oxygens (including phenoxy) is 1. The maximum Gasteiger partial charge on any atom is 0.330 e. The Balaban J connectivity index is 1.56. The molecule has 26 heavy (non-hydrogen) atoms. The molecule has 0 amide bonds. The van der Waals surface area contributed by atoms with Crippen molar-refractivity contribution < 1.29 is 14.3 Å². The molecule has 4 atom stereocenters. The first-order valence-corrected chi connectivity index (χ1v) is 10.0. The number of Topliss-reactive ketones (excluding diaryl/α,β-unsaturated/α-hetero) is 1. The molecule has 2 saturated carbocycles. The predicted molar refractivity (Wildman–Crippen MR) is 102 cm³/mol. The van der Waals surface area contributed by atoms with Crippen LogP contribution in [0.5, 0.6) is 0 Å². The van der Waals surface area contributed by atoms with Crippen LogP contribution in [0, 0.1) is 17.3 Å². The molecule has 3 aliphatic carbocycles. The van der Waals surface area contributed by atoms with E-state index in [0.717, 1.165) is 37.7 Å². The number of ketones is 1. The van der Waals surface area contributed by atoms with Gasteiger partial charge in [-0.25, -0.2) is 4.79 Å². The van der Waals surface area contributed by atoms with Crippen LogP contribution < -0.4 is 0 Å². The Morgan fingerprint density at radius 1 is 1.27 bits per heavy atom. The van der Waals surface area contributed by atoms with E-state index in [1.807, 2.05) is 13.0 Å². The first kappa shape index (κ1) is 17.5. The van der Waals surface area contributed by atoms with E-state index in [-0.39, 0.29) is 11.4 Å². The van der Waals surface area contributed by atoms with E-state index >= 15 is 0 Å². The second-order valence-corrected chi connectivity index (χ2v) is 8.38. The van der Waals surface area contributed by atoms with Gasteiger partial charge in [0.1, 0.15) is 5.78 Å². The molecule has 0 radical (unpaired) electrons. The topological polar surface area (TPSA) is 43.4 Å². The van der Waals surface area contributed by atoms with Gasteiger partial charge in [0.05, 0.1) is 6.61 Å². The largest absolute Gasteiger partial charge is 0.463 e. The van der Waals surface area contributed by atoms with Crippen LogP contribution in [-0.4, -0.2) is 18.4 Å². The van der Waals surface area contributed by atoms with Crippen LogP contribution in [0.3, 0.4) is 0 Å². The lowest BCUT2D eigenvalue weighted by atomic mass is 9.55. The minimum Gasteiger partial charge on any atom is -0.463 e. The molecule has 1 aromatic carbocycles. The quantitative estimate of drug-likeness (QED) is 0.585. The highest BCUT2D eigenvalue weighted by molar-refractivity contribution is 5.87. The van der Waals surface area contributed by atoms with Crippen LogP contribution in [-0.2, 0) is 20.7 Å². The number of aryl methyl sites for hydroxylation is 1.